The van der Waals surface area contributed by atoms with Gasteiger partial charge in [-0.05, 0) is 55.3 Å². The fourth-order valence-electron chi connectivity index (χ4n) is 3.88. The monoisotopic (exact) mass is 527 g/mol. The molecule has 1 fully saturated rings. The van der Waals surface area contributed by atoms with E-state index in [1.54, 1.807) is 10.7 Å². The Hall–Kier alpha value is -3.41. The molecule has 12 heteroatoms. The van der Waals surface area contributed by atoms with Gasteiger partial charge in [-0.1, -0.05) is 12.1 Å². The number of halogens is 1. The van der Waals surface area contributed by atoms with Crippen molar-refractivity contribution in [1.82, 2.24) is 34.9 Å². The highest BCUT2D eigenvalue weighted by Crippen LogP contribution is 2.24. The largest absolute Gasteiger partial charge is 0.444 e. The molecule has 0 aliphatic carbocycles. The molecule has 0 unspecified atom stereocenters. The molecule has 1 aliphatic heterocycles. The number of amides is 1. The number of fused-ring (bicyclic) bond motifs is 2. The maximum Gasteiger partial charge on any atom is 0.407 e. The van der Waals surface area contributed by atoms with E-state index in [0.717, 1.165) is 27.8 Å². The summed E-state index contributed by atoms with van der Waals surface area (Å²) in [5.41, 5.74) is 2.01. The molecular formula is C22H26BrN9O2. The minimum Gasteiger partial charge on any atom is -0.444 e. The van der Waals surface area contributed by atoms with E-state index in [0.29, 0.717) is 37.2 Å². The average molecular weight is 528 g/mol. The second kappa shape index (κ2) is 8.75. The molecule has 4 aromatic rings. The van der Waals surface area contributed by atoms with E-state index in [1.165, 1.54) is 0 Å². The van der Waals surface area contributed by atoms with E-state index < -0.39 is 11.7 Å². The van der Waals surface area contributed by atoms with E-state index in [4.69, 9.17) is 14.7 Å². The van der Waals surface area contributed by atoms with Gasteiger partial charge in [0, 0.05) is 13.1 Å². The van der Waals surface area contributed by atoms with Gasteiger partial charge in [0.1, 0.15) is 11.4 Å². The summed E-state index contributed by atoms with van der Waals surface area (Å²) < 4.78 is 7.81. The number of aromatic nitrogens is 6. The Morgan fingerprint density at radius 1 is 1.26 bits per heavy atom. The molecule has 1 atom stereocenters. The van der Waals surface area contributed by atoms with Crippen LogP contribution in [0.4, 0.5) is 16.7 Å². The number of nitrogens with zero attached hydrogens (tertiary/aromatic N) is 6. The van der Waals surface area contributed by atoms with Crippen LogP contribution in [-0.4, -0.2) is 60.4 Å². The van der Waals surface area contributed by atoms with Crippen LogP contribution in [0.25, 0.3) is 16.7 Å². The molecule has 1 aliphatic rings. The lowest BCUT2D eigenvalue weighted by atomic mass is 10.2. The Morgan fingerprint density at radius 3 is 2.88 bits per heavy atom. The molecular weight excluding hydrogens is 502 g/mol. The molecule has 0 radical (unpaired) electrons. The van der Waals surface area contributed by atoms with Gasteiger partial charge in [-0.2, -0.15) is 19.6 Å². The Labute approximate surface area is 204 Å². The molecule has 1 aromatic carbocycles. The second-order valence-electron chi connectivity index (χ2n) is 9.21. The van der Waals surface area contributed by atoms with Crippen LogP contribution < -0.4 is 15.5 Å². The molecule has 34 heavy (non-hydrogen) atoms. The van der Waals surface area contributed by atoms with Crippen molar-refractivity contribution in [3.8, 4) is 0 Å². The predicted octanol–water partition coefficient (Wildman–Crippen LogP) is 3.48. The third-order valence-electron chi connectivity index (χ3n) is 5.36. The number of imidazole rings is 1. The number of carbonyl (C=O) groups is 1. The van der Waals surface area contributed by atoms with E-state index >= 15 is 0 Å². The molecule has 3 N–H and O–H groups in total. The van der Waals surface area contributed by atoms with E-state index in [2.05, 4.69) is 41.6 Å². The van der Waals surface area contributed by atoms with Gasteiger partial charge in [-0.25, -0.2) is 9.78 Å². The van der Waals surface area contributed by atoms with Crippen molar-refractivity contribution < 1.29 is 9.53 Å². The summed E-state index contributed by atoms with van der Waals surface area (Å²) in [5, 5.41) is 10.7. The molecule has 178 valence electrons. The smallest absolute Gasteiger partial charge is 0.407 e. The normalized spacial score (nSPS) is 16.4. The zero-order chi connectivity index (χ0) is 23.9. The molecule has 0 saturated carbocycles. The van der Waals surface area contributed by atoms with Crippen molar-refractivity contribution in [2.24, 2.45) is 0 Å². The lowest BCUT2D eigenvalue weighted by Gasteiger charge is -2.22. The minimum absolute atomic E-state index is 0.0463. The molecule has 0 bridgehead atoms. The van der Waals surface area contributed by atoms with Crippen LogP contribution >= 0.6 is 15.9 Å². The summed E-state index contributed by atoms with van der Waals surface area (Å²) >= 11 is 3.52. The summed E-state index contributed by atoms with van der Waals surface area (Å²) in [6, 6.07) is 7.85. The second-order valence-corrected chi connectivity index (χ2v) is 10.1. The number of H-pyrrole nitrogens is 1. The molecule has 1 amide bonds. The summed E-state index contributed by atoms with van der Waals surface area (Å²) in [4.78, 5) is 31.6. The number of nitrogens with one attached hydrogen (secondary N) is 3. The zero-order valence-electron chi connectivity index (χ0n) is 19.2. The number of benzene rings is 1. The van der Waals surface area contributed by atoms with Crippen molar-refractivity contribution in [2.75, 3.05) is 23.3 Å². The lowest BCUT2D eigenvalue weighted by Crippen LogP contribution is -2.40. The Kier molecular flexibility index (Phi) is 5.76. The number of hydrogen-bond acceptors (Lipinski definition) is 8. The number of rotatable bonds is 5. The van der Waals surface area contributed by atoms with Gasteiger partial charge in [-0.3, -0.25) is 0 Å². The zero-order valence-corrected chi connectivity index (χ0v) is 20.8. The number of carbonyl (C=O) groups excluding carboxylic acids is 1. The average Bonchev–Trinajstić information content (AvgIpc) is 3.49. The van der Waals surface area contributed by atoms with E-state index in [1.807, 2.05) is 49.9 Å². The highest BCUT2D eigenvalue weighted by molar-refractivity contribution is 9.10. The maximum absolute atomic E-state index is 12.2. The minimum atomic E-state index is -0.536. The molecule has 4 heterocycles. The molecule has 3 aromatic heterocycles. The molecule has 0 spiro atoms. The number of aromatic amines is 1. The number of ether oxygens (including phenoxy) is 1. The van der Waals surface area contributed by atoms with Gasteiger partial charge in [0.2, 0.25) is 11.9 Å². The van der Waals surface area contributed by atoms with Crippen LogP contribution in [0, 0.1) is 0 Å². The third kappa shape index (κ3) is 4.76. The summed E-state index contributed by atoms with van der Waals surface area (Å²) in [5.74, 6) is 1.91. The Morgan fingerprint density at radius 2 is 2.09 bits per heavy atom. The number of para-hydroxylation sites is 2. The highest BCUT2D eigenvalue weighted by atomic mass is 79.9. The van der Waals surface area contributed by atoms with Crippen LogP contribution in [0.15, 0.2) is 34.9 Å². The summed E-state index contributed by atoms with van der Waals surface area (Å²) in [6.07, 6.45) is 2.05. The van der Waals surface area contributed by atoms with Crippen molar-refractivity contribution in [3.05, 3.63) is 40.8 Å². The van der Waals surface area contributed by atoms with Gasteiger partial charge in [-0.15, -0.1) is 0 Å². The molecule has 5 rings (SSSR count). The van der Waals surface area contributed by atoms with Crippen LogP contribution in [0.2, 0.25) is 0 Å². The highest BCUT2D eigenvalue weighted by Gasteiger charge is 2.28. The first-order valence-electron chi connectivity index (χ1n) is 11.1. The lowest BCUT2D eigenvalue weighted by molar-refractivity contribution is 0.0509. The topological polar surface area (TPSA) is 125 Å². The fraction of sp³-hybridized carbons (Fsp3) is 0.409. The SMILES string of the molecule is CC(C)(C)OC(=O)N[C@H]1CCN(c2nc(NCc3nc4ccccc4[nH]3)n3ncc(Br)c3n2)C1. The standard InChI is InChI=1S/C22H26BrN9O2/c1-22(2,3)34-21(33)26-13-8-9-31(12-13)20-29-18-14(23)10-25-32(18)19(30-20)24-11-17-27-15-6-4-5-7-16(15)28-17/h4-7,10,13H,8-9,11-12H2,1-3H3,(H,26,33)(H,27,28)(H,24,29,30)/t13-/m0/s1. The van der Waals surface area contributed by atoms with Crippen molar-refractivity contribution in [3.63, 3.8) is 0 Å². The van der Waals surface area contributed by atoms with Gasteiger partial charge in [0.05, 0.1) is 34.3 Å². The van der Waals surface area contributed by atoms with Crippen LogP contribution in [-0.2, 0) is 11.3 Å². The molecule has 11 nitrogen and oxygen atoms in total. The predicted molar refractivity (Wildman–Crippen MR) is 132 cm³/mol. The summed E-state index contributed by atoms with van der Waals surface area (Å²) in [6.45, 7) is 7.29. The fourth-order valence-corrected chi connectivity index (χ4v) is 4.23. The maximum atomic E-state index is 12.2. The van der Waals surface area contributed by atoms with Crippen molar-refractivity contribution in [1.29, 1.82) is 0 Å². The number of anilines is 2. The van der Waals surface area contributed by atoms with Crippen LogP contribution in [0.1, 0.15) is 33.0 Å². The van der Waals surface area contributed by atoms with Crippen molar-refractivity contribution in [2.45, 2.75) is 45.4 Å². The number of alkyl carbamates (subject to hydrolysis) is 1. The Balaban J connectivity index is 1.33. The summed E-state index contributed by atoms with van der Waals surface area (Å²) in [7, 11) is 0. The van der Waals surface area contributed by atoms with Gasteiger partial charge < -0.3 is 25.3 Å². The van der Waals surface area contributed by atoms with Crippen LogP contribution in [0.5, 0.6) is 0 Å². The van der Waals surface area contributed by atoms with Gasteiger partial charge in [0.15, 0.2) is 5.65 Å². The molecule has 1 saturated heterocycles. The van der Waals surface area contributed by atoms with E-state index in [-0.39, 0.29) is 6.04 Å². The quantitative estimate of drug-likeness (QED) is 0.360. The van der Waals surface area contributed by atoms with Gasteiger partial charge in [0.25, 0.3) is 0 Å². The number of hydrogen-bond donors (Lipinski definition) is 3. The first-order valence-corrected chi connectivity index (χ1v) is 11.9. The Bertz CT molecular complexity index is 1310. The first-order chi connectivity index (χ1) is 16.2. The third-order valence-corrected chi connectivity index (χ3v) is 5.92. The van der Waals surface area contributed by atoms with E-state index in [9.17, 15) is 4.79 Å². The van der Waals surface area contributed by atoms with Gasteiger partial charge >= 0.3 is 6.09 Å². The first kappa shape index (κ1) is 22.4. The van der Waals surface area contributed by atoms with Crippen LogP contribution in [0.3, 0.4) is 0 Å². The van der Waals surface area contributed by atoms with Crippen molar-refractivity contribution >= 4 is 50.6 Å².